The number of carbonyl (C=O) groups is 1. The zero-order chi connectivity index (χ0) is 19.1. The van der Waals surface area contributed by atoms with E-state index in [9.17, 15) is 4.79 Å². The highest BCUT2D eigenvalue weighted by Crippen LogP contribution is 2.47. The van der Waals surface area contributed by atoms with Gasteiger partial charge in [0, 0.05) is 6.42 Å². The van der Waals surface area contributed by atoms with Crippen LogP contribution in [0.5, 0.6) is 0 Å². The molecule has 1 aliphatic heterocycles. The Bertz CT molecular complexity index is 773. The first-order valence-corrected chi connectivity index (χ1v) is 11.8. The van der Waals surface area contributed by atoms with Crippen LogP contribution in [-0.4, -0.2) is 32.4 Å². The van der Waals surface area contributed by atoms with Crippen molar-refractivity contribution in [2.24, 2.45) is 0 Å². The van der Waals surface area contributed by atoms with E-state index >= 15 is 0 Å². The van der Waals surface area contributed by atoms with Crippen LogP contribution in [0, 0.1) is 0 Å². The third-order valence-electron chi connectivity index (χ3n) is 6.08. The first kappa shape index (κ1) is 18.6. The Morgan fingerprint density at radius 2 is 1.59 bits per heavy atom. The number of ether oxygens (including phenoxy) is 1. The molecule has 1 saturated carbocycles. The van der Waals surface area contributed by atoms with Gasteiger partial charge in [0.2, 0.25) is 0 Å². The van der Waals surface area contributed by atoms with E-state index in [1.165, 1.54) is 10.4 Å². The highest BCUT2D eigenvalue weighted by molar-refractivity contribution is 6.99. The van der Waals surface area contributed by atoms with Gasteiger partial charge in [0.1, 0.15) is 0 Å². The molecular weight excluding hydrogens is 352 g/mol. The Morgan fingerprint density at radius 1 is 1.04 bits per heavy atom. The average molecular weight is 381 g/mol. The predicted molar refractivity (Wildman–Crippen MR) is 110 cm³/mol. The summed E-state index contributed by atoms with van der Waals surface area (Å²) in [4.78, 5) is 12.6. The van der Waals surface area contributed by atoms with E-state index in [-0.39, 0.29) is 16.9 Å². The number of rotatable bonds is 5. The summed E-state index contributed by atoms with van der Waals surface area (Å²) >= 11 is 0. The fourth-order valence-corrected chi connectivity index (χ4v) is 9.19. The van der Waals surface area contributed by atoms with E-state index < -0.39 is 13.9 Å². The Hall–Kier alpha value is -1.75. The van der Waals surface area contributed by atoms with Gasteiger partial charge >= 0.3 is 0 Å². The largest absolute Gasteiger partial charge is 0.404 e. The smallest absolute Gasteiger partial charge is 0.261 e. The first-order valence-electron chi connectivity index (χ1n) is 9.86. The molecule has 2 aromatic rings. The quantitative estimate of drug-likeness (QED) is 0.589. The summed E-state index contributed by atoms with van der Waals surface area (Å²) in [6.07, 6.45) is 2.57. The van der Waals surface area contributed by atoms with Crippen LogP contribution < -0.4 is 10.4 Å². The van der Waals surface area contributed by atoms with Crippen molar-refractivity contribution in [3.63, 3.8) is 0 Å². The minimum absolute atomic E-state index is 0.0527. The minimum atomic E-state index is -2.62. The molecule has 27 heavy (non-hydrogen) atoms. The van der Waals surface area contributed by atoms with Gasteiger partial charge in [-0.3, -0.25) is 4.79 Å². The molecule has 2 aromatic carbocycles. The Balaban J connectivity index is 1.77. The molecule has 1 heterocycles. The van der Waals surface area contributed by atoms with Crippen molar-refractivity contribution in [1.29, 1.82) is 0 Å². The van der Waals surface area contributed by atoms with Crippen molar-refractivity contribution in [3.05, 3.63) is 60.7 Å². The Morgan fingerprint density at radius 3 is 2.07 bits per heavy atom. The summed E-state index contributed by atoms with van der Waals surface area (Å²) < 4.78 is 12.8. The van der Waals surface area contributed by atoms with E-state index in [1.54, 1.807) is 0 Å². The monoisotopic (exact) mass is 380 g/mol. The van der Waals surface area contributed by atoms with Crippen LogP contribution in [-0.2, 0) is 14.0 Å². The number of hydrogen-bond acceptors (Lipinski definition) is 3. The number of hydrogen-bond donors (Lipinski definition) is 0. The lowest BCUT2D eigenvalue weighted by molar-refractivity contribution is -0.125. The molecule has 4 rings (SSSR count). The molecule has 2 aliphatic rings. The number of epoxide rings is 1. The van der Waals surface area contributed by atoms with Gasteiger partial charge < -0.3 is 9.16 Å². The van der Waals surface area contributed by atoms with Crippen LogP contribution in [0.3, 0.4) is 0 Å². The molecule has 0 amide bonds. The molecule has 0 N–H and O–H groups in total. The maximum absolute atomic E-state index is 12.6. The standard InChI is InChI=1S/C23H28O3Si/c1-22(2,3)27(18-11-6-4-7-12-18,19-13-8-5-9-14-19)25-17-23-20(24)15-10-16-21(23)26-23/h4-9,11-14,21H,10,15-17H2,1-3H3/t21-,23?/m0/s1. The topological polar surface area (TPSA) is 38.8 Å². The van der Waals surface area contributed by atoms with Gasteiger partial charge in [-0.15, -0.1) is 0 Å². The van der Waals surface area contributed by atoms with Crippen LogP contribution in [0.25, 0.3) is 0 Å². The molecule has 0 bridgehead atoms. The van der Waals surface area contributed by atoms with Gasteiger partial charge in [-0.2, -0.15) is 0 Å². The summed E-state index contributed by atoms with van der Waals surface area (Å²) in [6.45, 7) is 7.13. The molecule has 4 heteroatoms. The van der Waals surface area contributed by atoms with Gasteiger partial charge in [0.05, 0.1) is 12.7 Å². The van der Waals surface area contributed by atoms with E-state index in [2.05, 4.69) is 69.3 Å². The zero-order valence-electron chi connectivity index (χ0n) is 16.4. The second kappa shape index (κ2) is 6.69. The minimum Gasteiger partial charge on any atom is -0.404 e. The van der Waals surface area contributed by atoms with Gasteiger partial charge in [0.25, 0.3) is 8.32 Å². The van der Waals surface area contributed by atoms with Gasteiger partial charge in [-0.25, -0.2) is 0 Å². The molecule has 2 fully saturated rings. The highest BCUT2D eigenvalue weighted by Gasteiger charge is 2.64. The summed E-state index contributed by atoms with van der Waals surface area (Å²) in [5.41, 5.74) is -0.689. The van der Waals surface area contributed by atoms with Gasteiger partial charge in [-0.05, 0) is 28.3 Å². The number of ketones is 1. The van der Waals surface area contributed by atoms with E-state index in [4.69, 9.17) is 9.16 Å². The van der Waals surface area contributed by atoms with Crippen molar-refractivity contribution in [2.75, 3.05) is 6.61 Å². The van der Waals surface area contributed by atoms with Crippen LogP contribution >= 0.6 is 0 Å². The van der Waals surface area contributed by atoms with Gasteiger partial charge in [-0.1, -0.05) is 81.4 Å². The molecule has 0 spiro atoms. The molecule has 0 radical (unpaired) electrons. The van der Waals surface area contributed by atoms with Crippen LogP contribution in [0.1, 0.15) is 40.0 Å². The third kappa shape index (κ3) is 3.00. The number of carbonyl (C=O) groups excluding carboxylic acids is 1. The lowest BCUT2D eigenvalue weighted by Gasteiger charge is -2.43. The lowest BCUT2D eigenvalue weighted by Crippen LogP contribution is -2.67. The van der Waals surface area contributed by atoms with Crippen molar-refractivity contribution in [2.45, 2.75) is 56.8 Å². The SMILES string of the molecule is CC(C)(C)[Si](OCC12O[C@H]1CCCC2=O)(c1ccccc1)c1ccccc1. The van der Waals surface area contributed by atoms with Crippen LogP contribution in [0.15, 0.2) is 60.7 Å². The summed E-state index contributed by atoms with van der Waals surface area (Å²) in [6, 6.07) is 21.1. The lowest BCUT2D eigenvalue weighted by atomic mass is 9.88. The van der Waals surface area contributed by atoms with Crippen molar-refractivity contribution in [3.8, 4) is 0 Å². The highest BCUT2D eigenvalue weighted by atomic mass is 28.4. The van der Waals surface area contributed by atoms with Gasteiger partial charge in [0.15, 0.2) is 11.4 Å². The summed E-state index contributed by atoms with van der Waals surface area (Å²) in [5, 5.41) is 2.38. The van der Waals surface area contributed by atoms with Crippen LogP contribution in [0.2, 0.25) is 5.04 Å². The fourth-order valence-electron chi connectivity index (χ4n) is 4.60. The zero-order valence-corrected chi connectivity index (χ0v) is 17.4. The molecular formula is C23H28O3Si. The molecule has 142 valence electrons. The van der Waals surface area contributed by atoms with Crippen LogP contribution in [0.4, 0.5) is 0 Å². The Labute approximate surface area is 162 Å². The maximum Gasteiger partial charge on any atom is 0.261 e. The number of Topliss-reactive ketones (excluding diaryl/α,β-unsaturated/α-hetero) is 1. The molecule has 3 nitrogen and oxygen atoms in total. The molecule has 1 saturated heterocycles. The summed E-state index contributed by atoms with van der Waals surface area (Å²) in [5.74, 6) is 0.219. The molecule has 1 unspecified atom stereocenters. The molecule has 0 aromatic heterocycles. The second-order valence-corrected chi connectivity index (χ2v) is 13.1. The van der Waals surface area contributed by atoms with E-state index in [0.717, 1.165) is 12.8 Å². The van der Waals surface area contributed by atoms with E-state index in [0.29, 0.717) is 13.0 Å². The number of fused-ring (bicyclic) bond motifs is 1. The molecule has 2 atom stereocenters. The summed E-state index contributed by atoms with van der Waals surface area (Å²) in [7, 11) is -2.62. The normalized spacial score (nSPS) is 25.1. The fraction of sp³-hybridized carbons (Fsp3) is 0.435. The second-order valence-electron chi connectivity index (χ2n) is 8.76. The first-order chi connectivity index (χ1) is 12.9. The third-order valence-corrected chi connectivity index (χ3v) is 11.1. The molecule has 1 aliphatic carbocycles. The van der Waals surface area contributed by atoms with E-state index in [1.807, 2.05) is 12.1 Å². The Kier molecular flexibility index (Phi) is 4.61. The average Bonchev–Trinajstić information content (AvgIpc) is 3.39. The van der Waals surface area contributed by atoms with Crippen molar-refractivity contribution in [1.82, 2.24) is 0 Å². The van der Waals surface area contributed by atoms with Crippen molar-refractivity contribution >= 4 is 24.5 Å². The number of benzene rings is 2. The predicted octanol–water partition coefficient (Wildman–Crippen LogP) is 3.45. The van der Waals surface area contributed by atoms with Crippen molar-refractivity contribution < 1.29 is 14.0 Å². The maximum atomic E-state index is 12.6.